The first-order valence-corrected chi connectivity index (χ1v) is 10.2. The highest BCUT2D eigenvalue weighted by Gasteiger charge is 2.43. The Morgan fingerprint density at radius 3 is 2.62 bits per heavy atom. The van der Waals surface area contributed by atoms with Crippen molar-refractivity contribution in [3.05, 3.63) is 69.3 Å². The summed E-state index contributed by atoms with van der Waals surface area (Å²) in [6.07, 6.45) is 1.83. The number of halogens is 2. The highest BCUT2D eigenvalue weighted by Crippen LogP contribution is 2.40. The first-order valence-electron chi connectivity index (χ1n) is 9.43. The number of para-hydroxylation sites is 1. The molecule has 2 amide bonds. The summed E-state index contributed by atoms with van der Waals surface area (Å²) in [7, 11) is 1.54. The number of imide groups is 1. The van der Waals surface area contributed by atoms with E-state index in [4.69, 9.17) is 27.9 Å². The van der Waals surface area contributed by atoms with E-state index in [2.05, 4.69) is 6.07 Å². The van der Waals surface area contributed by atoms with E-state index in [0.717, 1.165) is 24.1 Å². The van der Waals surface area contributed by atoms with Gasteiger partial charge in [0, 0.05) is 29.9 Å². The molecule has 0 aromatic heterocycles. The zero-order valence-corrected chi connectivity index (χ0v) is 17.5. The van der Waals surface area contributed by atoms with Crippen molar-refractivity contribution in [1.29, 1.82) is 0 Å². The quantitative estimate of drug-likeness (QED) is 0.667. The van der Waals surface area contributed by atoms with Crippen LogP contribution in [0.3, 0.4) is 0 Å². The van der Waals surface area contributed by atoms with Gasteiger partial charge in [-0.1, -0.05) is 47.5 Å². The molecule has 2 aromatic rings. The van der Waals surface area contributed by atoms with Gasteiger partial charge >= 0.3 is 0 Å². The van der Waals surface area contributed by atoms with E-state index in [1.807, 2.05) is 23.1 Å². The summed E-state index contributed by atoms with van der Waals surface area (Å²) in [4.78, 5) is 29.9. The fraction of sp³-hybridized carbons (Fsp3) is 0.273. The van der Waals surface area contributed by atoms with Gasteiger partial charge in [-0.25, -0.2) is 0 Å². The van der Waals surface area contributed by atoms with E-state index >= 15 is 0 Å². The van der Waals surface area contributed by atoms with Crippen LogP contribution in [0.15, 0.2) is 48.2 Å². The lowest BCUT2D eigenvalue weighted by Gasteiger charge is -2.32. The minimum absolute atomic E-state index is 0.182. The standard InChI is InChI=1S/C22H20Cl2N2O3/c1-29-12-11-26-21(27)19(16-9-8-15(23)13-17(16)24)20(22(26)28)25-10-4-6-14-5-2-3-7-18(14)25/h2-3,5,7-9,13H,4,6,10-12H2,1H3. The molecule has 7 heteroatoms. The van der Waals surface area contributed by atoms with Crippen molar-refractivity contribution in [3.63, 3.8) is 0 Å². The molecule has 5 nitrogen and oxygen atoms in total. The summed E-state index contributed by atoms with van der Waals surface area (Å²) < 4.78 is 5.10. The molecule has 29 heavy (non-hydrogen) atoms. The maximum absolute atomic E-state index is 13.4. The van der Waals surface area contributed by atoms with E-state index in [1.165, 1.54) is 12.0 Å². The Labute approximate surface area is 179 Å². The molecule has 0 atom stereocenters. The van der Waals surface area contributed by atoms with Gasteiger partial charge in [0.2, 0.25) is 0 Å². The van der Waals surface area contributed by atoms with E-state index in [1.54, 1.807) is 18.2 Å². The number of hydrogen-bond acceptors (Lipinski definition) is 4. The SMILES string of the molecule is COCCN1C(=O)C(c2ccc(Cl)cc2Cl)=C(N2CCCc3ccccc32)C1=O. The number of hydrogen-bond donors (Lipinski definition) is 0. The van der Waals surface area contributed by atoms with Crippen LogP contribution in [0.4, 0.5) is 5.69 Å². The Hall–Kier alpha value is -2.34. The first kappa shape index (κ1) is 20.0. The average Bonchev–Trinajstić information content (AvgIpc) is 2.96. The Morgan fingerprint density at radius 2 is 1.86 bits per heavy atom. The molecule has 2 aliphatic heterocycles. The molecule has 2 aliphatic rings. The molecule has 2 aromatic carbocycles. The fourth-order valence-corrected chi connectivity index (χ4v) is 4.40. The van der Waals surface area contributed by atoms with Crippen LogP contribution >= 0.6 is 23.2 Å². The summed E-state index contributed by atoms with van der Waals surface area (Å²) in [6.45, 7) is 1.10. The number of methoxy groups -OCH3 is 1. The van der Waals surface area contributed by atoms with Gasteiger partial charge in [-0.3, -0.25) is 14.5 Å². The molecular formula is C22H20Cl2N2O3. The number of carbonyl (C=O) groups is 2. The van der Waals surface area contributed by atoms with Gasteiger partial charge in [-0.2, -0.15) is 0 Å². The zero-order valence-electron chi connectivity index (χ0n) is 16.0. The number of rotatable bonds is 5. The van der Waals surface area contributed by atoms with Crippen LogP contribution in [0, 0.1) is 0 Å². The highest BCUT2D eigenvalue weighted by atomic mass is 35.5. The predicted octanol–water partition coefficient (Wildman–Crippen LogP) is 4.17. The number of fused-ring (bicyclic) bond motifs is 1. The van der Waals surface area contributed by atoms with Crippen molar-refractivity contribution in [1.82, 2.24) is 4.90 Å². The maximum Gasteiger partial charge on any atom is 0.278 e. The highest BCUT2D eigenvalue weighted by molar-refractivity contribution is 6.41. The topological polar surface area (TPSA) is 49.9 Å². The van der Waals surface area contributed by atoms with Gasteiger partial charge < -0.3 is 9.64 Å². The smallest absolute Gasteiger partial charge is 0.278 e. The molecule has 0 unspecified atom stereocenters. The zero-order chi connectivity index (χ0) is 20.5. The van der Waals surface area contributed by atoms with E-state index in [9.17, 15) is 9.59 Å². The summed E-state index contributed by atoms with van der Waals surface area (Å²) in [5, 5.41) is 0.808. The fourth-order valence-electron chi connectivity index (χ4n) is 3.90. The summed E-state index contributed by atoms with van der Waals surface area (Å²) in [6, 6.07) is 12.9. The monoisotopic (exact) mass is 430 g/mol. The van der Waals surface area contributed by atoms with Gasteiger partial charge in [0.1, 0.15) is 5.70 Å². The molecule has 0 aliphatic carbocycles. The van der Waals surface area contributed by atoms with E-state index in [0.29, 0.717) is 33.4 Å². The number of anilines is 1. The molecular weight excluding hydrogens is 411 g/mol. The van der Waals surface area contributed by atoms with Crippen molar-refractivity contribution in [2.75, 3.05) is 31.7 Å². The molecule has 0 radical (unpaired) electrons. The van der Waals surface area contributed by atoms with Crippen molar-refractivity contribution >= 4 is 46.3 Å². The summed E-state index contributed by atoms with van der Waals surface area (Å²) >= 11 is 12.5. The van der Waals surface area contributed by atoms with Gasteiger partial charge in [0.05, 0.1) is 23.7 Å². The summed E-state index contributed by atoms with van der Waals surface area (Å²) in [5.41, 5.74) is 3.29. The first-order chi connectivity index (χ1) is 14.0. The average molecular weight is 431 g/mol. The maximum atomic E-state index is 13.4. The second kappa shape index (κ2) is 8.19. The van der Waals surface area contributed by atoms with Crippen LogP contribution in [-0.2, 0) is 20.7 Å². The third-order valence-electron chi connectivity index (χ3n) is 5.24. The molecule has 2 heterocycles. The van der Waals surface area contributed by atoms with Crippen LogP contribution in [0.1, 0.15) is 17.5 Å². The van der Waals surface area contributed by atoms with Gasteiger partial charge in [0.15, 0.2) is 0 Å². The Bertz CT molecular complexity index is 1020. The molecule has 0 saturated carbocycles. The van der Waals surface area contributed by atoms with E-state index in [-0.39, 0.29) is 25.0 Å². The number of ether oxygens (including phenoxy) is 1. The predicted molar refractivity (Wildman–Crippen MR) is 114 cm³/mol. The van der Waals surface area contributed by atoms with Crippen molar-refractivity contribution in [2.24, 2.45) is 0 Å². The third kappa shape index (κ3) is 3.54. The van der Waals surface area contributed by atoms with Crippen molar-refractivity contribution in [2.45, 2.75) is 12.8 Å². The van der Waals surface area contributed by atoms with Crippen LogP contribution in [0.5, 0.6) is 0 Å². The second-order valence-corrected chi connectivity index (χ2v) is 7.83. The lowest BCUT2D eigenvalue weighted by Crippen LogP contribution is -2.38. The largest absolute Gasteiger partial charge is 0.383 e. The number of amides is 2. The van der Waals surface area contributed by atoms with Gasteiger partial charge in [0.25, 0.3) is 11.8 Å². The normalized spacial score (nSPS) is 16.7. The number of nitrogens with zero attached hydrogens (tertiary/aromatic N) is 2. The van der Waals surface area contributed by atoms with Crippen molar-refractivity contribution < 1.29 is 14.3 Å². The molecule has 150 valence electrons. The minimum atomic E-state index is -0.366. The number of carbonyl (C=O) groups excluding carboxylic acids is 2. The lowest BCUT2D eigenvalue weighted by atomic mass is 9.98. The second-order valence-electron chi connectivity index (χ2n) is 6.99. The van der Waals surface area contributed by atoms with Gasteiger partial charge in [-0.05, 0) is 36.6 Å². The minimum Gasteiger partial charge on any atom is -0.383 e. The molecule has 4 rings (SSSR count). The van der Waals surface area contributed by atoms with Gasteiger partial charge in [-0.15, -0.1) is 0 Å². The molecule has 0 N–H and O–H groups in total. The molecule has 0 bridgehead atoms. The molecule has 0 fully saturated rings. The lowest BCUT2D eigenvalue weighted by molar-refractivity contribution is -0.137. The van der Waals surface area contributed by atoms with Crippen LogP contribution in [-0.4, -0.2) is 43.5 Å². The van der Waals surface area contributed by atoms with Crippen molar-refractivity contribution in [3.8, 4) is 0 Å². The Balaban J connectivity index is 1.89. The third-order valence-corrected chi connectivity index (χ3v) is 5.79. The van der Waals surface area contributed by atoms with Crippen LogP contribution in [0.25, 0.3) is 5.57 Å². The Morgan fingerprint density at radius 1 is 1.07 bits per heavy atom. The van der Waals surface area contributed by atoms with E-state index < -0.39 is 0 Å². The van der Waals surface area contributed by atoms with Crippen LogP contribution in [0.2, 0.25) is 10.0 Å². The number of benzene rings is 2. The molecule has 0 saturated heterocycles. The Kier molecular flexibility index (Phi) is 5.63. The number of aryl methyl sites for hydroxylation is 1. The summed E-state index contributed by atoms with van der Waals surface area (Å²) in [5.74, 6) is -0.695. The molecule has 0 spiro atoms. The van der Waals surface area contributed by atoms with Crippen LogP contribution < -0.4 is 4.90 Å².